The zero-order chi connectivity index (χ0) is 11.3. The van der Waals surface area contributed by atoms with Gasteiger partial charge in [-0.05, 0) is 12.5 Å². The number of aliphatic carboxylic acids is 1. The third-order valence-corrected chi connectivity index (χ3v) is 1.68. The van der Waals surface area contributed by atoms with E-state index in [1.807, 2.05) is 0 Å². The van der Waals surface area contributed by atoms with Crippen molar-refractivity contribution in [2.45, 2.75) is 25.9 Å². The molecule has 4 heteroatoms. The SMILES string of the molecule is C=C(C)C(=O)CC(O)CC(=C)C(=O)O. The fourth-order valence-corrected chi connectivity index (χ4v) is 0.832. The number of carboxylic acids is 1. The second-order valence-corrected chi connectivity index (χ2v) is 3.17. The van der Waals surface area contributed by atoms with E-state index in [2.05, 4.69) is 13.2 Å². The van der Waals surface area contributed by atoms with Crippen molar-refractivity contribution in [2.24, 2.45) is 0 Å². The summed E-state index contributed by atoms with van der Waals surface area (Å²) in [5.41, 5.74) is 0.247. The predicted molar refractivity (Wildman–Crippen MR) is 51.8 cm³/mol. The largest absolute Gasteiger partial charge is 0.478 e. The highest BCUT2D eigenvalue weighted by Gasteiger charge is 2.15. The van der Waals surface area contributed by atoms with E-state index in [0.29, 0.717) is 5.57 Å². The Morgan fingerprint density at radius 3 is 2.14 bits per heavy atom. The van der Waals surface area contributed by atoms with Gasteiger partial charge in [0.15, 0.2) is 5.78 Å². The summed E-state index contributed by atoms with van der Waals surface area (Å²) in [4.78, 5) is 21.4. The molecule has 0 saturated carbocycles. The molecule has 0 spiro atoms. The van der Waals surface area contributed by atoms with Gasteiger partial charge in [0.1, 0.15) is 0 Å². The summed E-state index contributed by atoms with van der Waals surface area (Å²) in [5.74, 6) is -1.43. The summed E-state index contributed by atoms with van der Waals surface area (Å²) in [6.07, 6.45) is -1.21. The van der Waals surface area contributed by atoms with Gasteiger partial charge in [0.05, 0.1) is 6.10 Å². The summed E-state index contributed by atoms with van der Waals surface area (Å²) in [5, 5.41) is 17.8. The molecular formula is C10H14O4. The quantitative estimate of drug-likeness (QED) is 0.622. The van der Waals surface area contributed by atoms with Crippen molar-refractivity contribution in [3.63, 3.8) is 0 Å². The molecule has 0 saturated heterocycles. The average Bonchev–Trinajstić information content (AvgIpc) is 2.03. The maximum Gasteiger partial charge on any atom is 0.331 e. The van der Waals surface area contributed by atoms with Crippen LogP contribution < -0.4 is 0 Å². The Bertz CT molecular complexity index is 250. The lowest BCUT2D eigenvalue weighted by Crippen LogP contribution is -2.16. The number of ketones is 1. The van der Waals surface area contributed by atoms with Crippen LogP contribution in [0.15, 0.2) is 24.3 Å². The lowest BCUT2D eigenvalue weighted by atomic mass is 10.0. The molecule has 0 amide bonds. The van der Waals surface area contributed by atoms with Crippen molar-refractivity contribution in [3.05, 3.63) is 24.3 Å². The van der Waals surface area contributed by atoms with Gasteiger partial charge in [0.2, 0.25) is 0 Å². The van der Waals surface area contributed by atoms with Gasteiger partial charge in [-0.2, -0.15) is 0 Å². The van der Waals surface area contributed by atoms with Gasteiger partial charge in [-0.3, -0.25) is 4.79 Å². The van der Waals surface area contributed by atoms with Crippen LogP contribution in [0.4, 0.5) is 0 Å². The average molecular weight is 198 g/mol. The standard InChI is InChI=1S/C10H14O4/c1-6(2)9(12)5-8(11)4-7(3)10(13)14/h8,11H,1,3-5H2,2H3,(H,13,14). The van der Waals surface area contributed by atoms with Gasteiger partial charge in [0, 0.05) is 18.4 Å². The van der Waals surface area contributed by atoms with Crippen LogP contribution in [0, 0.1) is 0 Å². The Kier molecular flexibility index (Phi) is 4.80. The van der Waals surface area contributed by atoms with E-state index >= 15 is 0 Å². The van der Waals surface area contributed by atoms with Gasteiger partial charge in [-0.15, -0.1) is 0 Å². The molecule has 0 aliphatic heterocycles. The van der Waals surface area contributed by atoms with Crippen LogP contribution in [-0.2, 0) is 9.59 Å². The molecule has 0 aliphatic rings. The first-order valence-corrected chi connectivity index (χ1v) is 4.12. The first-order valence-electron chi connectivity index (χ1n) is 4.12. The van der Waals surface area contributed by atoms with Crippen molar-refractivity contribution < 1.29 is 19.8 Å². The molecule has 0 aromatic rings. The molecule has 0 bridgehead atoms. The topological polar surface area (TPSA) is 74.6 Å². The van der Waals surface area contributed by atoms with Crippen LogP contribution in [0.3, 0.4) is 0 Å². The van der Waals surface area contributed by atoms with Gasteiger partial charge in [-0.25, -0.2) is 4.79 Å². The fraction of sp³-hybridized carbons (Fsp3) is 0.400. The Labute approximate surface area is 82.6 Å². The molecule has 1 atom stereocenters. The lowest BCUT2D eigenvalue weighted by molar-refractivity contribution is -0.133. The summed E-state index contributed by atoms with van der Waals surface area (Å²) in [6, 6.07) is 0. The van der Waals surface area contributed by atoms with E-state index in [9.17, 15) is 14.7 Å². The third-order valence-electron chi connectivity index (χ3n) is 1.68. The molecule has 14 heavy (non-hydrogen) atoms. The number of allylic oxidation sites excluding steroid dienone is 1. The minimum Gasteiger partial charge on any atom is -0.478 e. The summed E-state index contributed by atoms with van der Waals surface area (Å²) >= 11 is 0. The molecule has 4 nitrogen and oxygen atoms in total. The molecule has 2 N–H and O–H groups in total. The number of carbonyl (C=O) groups is 2. The normalized spacial score (nSPS) is 11.9. The minimum atomic E-state index is -1.16. The van der Waals surface area contributed by atoms with Crippen molar-refractivity contribution >= 4 is 11.8 Å². The van der Waals surface area contributed by atoms with E-state index in [4.69, 9.17) is 5.11 Å². The maximum atomic E-state index is 11.1. The monoisotopic (exact) mass is 198 g/mol. The number of Topliss-reactive ketones (excluding diaryl/α,β-unsaturated/α-hetero) is 1. The predicted octanol–water partition coefficient (Wildman–Crippen LogP) is 0.913. The van der Waals surface area contributed by atoms with Crippen molar-refractivity contribution in [3.8, 4) is 0 Å². The molecule has 0 fully saturated rings. The van der Waals surface area contributed by atoms with Crippen molar-refractivity contribution in [1.82, 2.24) is 0 Å². The second-order valence-electron chi connectivity index (χ2n) is 3.17. The molecule has 0 radical (unpaired) electrons. The number of aliphatic hydroxyl groups excluding tert-OH is 1. The zero-order valence-corrected chi connectivity index (χ0v) is 8.12. The van der Waals surface area contributed by atoms with Crippen LogP contribution in [0.1, 0.15) is 19.8 Å². The highest BCUT2D eigenvalue weighted by molar-refractivity contribution is 5.94. The molecule has 1 unspecified atom stereocenters. The Morgan fingerprint density at radius 2 is 1.79 bits per heavy atom. The number of carboxylic acid groups (broad SMARTS) is 1. The third kappa shape index (κ3) is 4.57. The van der Waals surface area contributed by atoms with Gasteiger partial charge >= 0.3 is 5.97 Å². The molecule has 0 aromatic carbocycles. The summed E-state index contributed by atoms with van der Waals surface area (Å²) < 4.78 is 0. The van der Waals surface area contributed by atoms with E-state index in [1.165, 1.54) is 0 Å². The van der Waals surface area contributed by atoms with Gasteiger partial charge < -0.3 is 10.2 Å². The highest BCUT2D eigenvalue weighted by Crippen LogP contribution is 2.09. The first-order chi connectivity index (χ1) is 6.34. The highest BCUT2D eigenvalue weighted by atomic mass is 16.4. The fourth-order valence-electron chi connectivity index (χ4n) is 0.832. The number of hydrogen-bond acceptors (Lipinski definition) is 3. The Morgan fingerprint density at radius 1 is 1.29 bits per heavy atom. The van der Waals surface area contributed by atoms with E-state index in [1.54, 1.807) is 6.92 Å². The zero-order valence-electron chi connectivity index (χ0n) is 8.12. The number of rotatable bonds is 6. The number of hydrogen-bond donors (Lipinski definition) is 2. The summed E-state index contributed by atoms with van der Waals surface area (Å²) in [7, 11) is 0. The first kappa shape index (κ1) is 12.6. The lowest BCUT2D eigenvalue weighted by Gasteiger charge is -2.08. The van der Waals surface area contributed by atoms with Crippen LogP contribution in [0.25, 0.3) is 0 Å². The second kappa shape index (κ2) is 5.34. The molecule has 0 aliphatic carbocycles. The Balaban J connectivity index is 4.05. The van der Waals surface area contributed by atoms with Crippen LogP contribution in [0.5, 0.6) is 0 Å². The number of aliphatic hydroxyl groups is 1. The maximum absolute atomic E-state index is 11.1. The van der Waals surface area contributed by atoms with E-state index in [0.717, 1.165) is 0 Å². The van der Waals surface area contributed by atoms with Gasteiger partial charge in [0.25, 0.3) is 0 Å². The molecule has 0 rings (SSSR count). The minimum absolute atomic E-state index is 0.103. The number of carbonyl (C=O) groups excluding carboxylic acids is 1. The van der Waals surface area contributed by atoms with Crippen molar-refractivity contribution in [2.75, 3.05) is 0 Å². The Hall–Kier alpha value is -1.42. The van der Waals surface area contributed by atoms with Crippen LogP contribution in [0.2, 0.25) is 0 Å². The van der Waals surface area contributed by atoms with E-state index in [-0.39, 0.29) is 24.2 Å². The van der Waals surface area contributed by atoms with Gasteiger partial charge in [-0.1, -0.05) is 13.2 Å². The smallest absolute Gasteiger partial charge is 0.331 e. The van der Waals surface area contributed by atoms with Crippen LogP contribution >= 0.6 is 0 Å². The molecule has 0 heterocycles. The van der Waals surface area contributed by atoms with Crippen LogP contribution in [-0.4, -0.2) is 28.1 Å². The summed E-state index contributed by atoms with van der Waals surface area (Å²) in [6.45, 7) is 8.22. The van der Waals surface area contributed by atoms with E-state index < -0.39 is 12.1 Å². The molecular weight excluding hydrogens is 184 g/mol. The molecule has 78 valence electrons. The van der Waals surface area contributed by atoms with Crippen molar-refractivity contribution in [1.29, 1.82) is 0 Å². The molecule has 0 aromatic heterocycles.